The Balaban J connectivity index is 1.61. The molecule has 0 fully saturated rings. The van der Waals surface area contributed by atoms with Crippen LogP contribution in [0.5, 0.6) is 17.2 Å². The average Bonchev–Trinajstić information content (AvgIpc) is 3.38. The number of rotatable bonds is 15. The van der Waals surface area contributed by atoms with Gasteiger partial charge in [0.15, 0.2) is 0 Å². The van der Waals surface area contributed by atoms with E-state index in [1.807, 2.05) is 30.4 Å². The predicted octanol–water partition coefficient (Wildman–Crippen LogP) is 6.07. The first kappa shape index (κ1) is 29.1. The second-order valence-corrected chi connectivity index (χ2v) is 9.49. The van der Waals surface area contributed by atoms with E-state index in [2.05, 4.69) is 12.2 Å². The predicted molar refractivity (Wildman–Crippen MR) is 148 cm³/mol. The number of allylic oxidation sites excluding steroid dienone is 1. The molecule has 3 unspecified atom stereocenters. The molecular weight excluding hydrogens is 482 g/mol. The van der Waals surface area contributed by atoms with Crippen LogP contribution in [0.3, 0.4) is 0 Å². The minimum atomic E-state index is -0.587. The number of nitrogens with one attached hydrogen (secondary N) is 1. The smallest absolute Gasteiger partial charge is 0.314 e. The minimum absolute atomic E-state index is 0.168. The number of carbonyl (C=O) groups excluding carboxylic acids is 2. The summed E-state index contributed by atoms with van der Waals surface area (Å²) in [6.45, 7) is 4.95. The number of hydrogen-bond acceptors (Lipinski definition) is 6. The number of hydrogen-bond donors (Lipinski definition) is 1. The van der Waals surface area contributed by atoms with E-state index in [4.69, 9.17) is 18.9 Å². The van der Waals surface area contributed by atoms with Crippen LogP contribution in [0.4, 0.5) is 0 Å². The number of unbranched alkanes of at least 4 members (excludes halogenated alkanes) is 4. The molecule has 1 aliphatic rings. The lowest BCUT2D eigenvalue weighted by Gasteiger charge is -2.24. The van der Waals surface area contributed by atoms with E-state index in [1.54, 1.807) is 45.4 Å². The third-order valence-corrected chi connectivity index (χ3v) is 6.81. The highest BCUT2D eigenvalue weighted by Gasteiger charge is 2.36. The second kappa shape index (κ2) is 15.1. The van der Waals surface area contributed by atoms with Crippen LogP contribution in [-0.4, -0.2) is 45.4 Å². The summed E-state index contributed by atoms with van der Waals surface area (Å²) in [6.07, 6.45) is 10.4. The number of benzene rings is 2. The molecule has 7 heteroatoms. The highest BCUT2D eigenvalue weighted by atomic mass is 16.5. The summed E-state index contributed by atoms with van der Waals surface area (Å²) in [7, 11) is 3.16. The second-order valence-electron chi connectivity index (χ2n) is 9.49. The molecule has 0 radical (unpaired) electrons. The standard InChI is InChI=1S/C31H41NO6/c1-5-7-8-9-10-19-38-25-15-12-22(13-16-25)30(33)32-24-14-11-23(20-24)29(31(34)37-6-2)27-21-26(35-3)17-18-28(27)36-4/h11-18,21,23-24,29H,5-10,19-20H2,1-4H3,(H,32,33). The Labute approximate surface area is 226 Å². The molecule has 1 N–H and O–H groups in total. The summed E-state index contributed by atoms with van der Waals surface area (Å²) in [4.78, 5) is 26.0. The van der Waals surface area contributed by atoms with Gasteiger partial charge in [0.05, 0.1) is 33.4 Å². The molecule has 1 aliphatic carbocycles. The van der Waals surface area contributed by atoms with Crippen LogP contribution in [0.15, 0.2) is 54.6 Å². The Morgan fingerprint density at radius 3 is 2.34 bits per heavy atom. The third kappa shape index (κ3) is 8.01. The van der Waals surface area contributed by atoms with Gasteiger partial charge < -0.3 is 24.3 Å². The van der Waals surface area contributed by atoms with Crippen LogP contribution < -0.4 is 19.5 Å². The molecule has 0 saturated carbocycles. The van der Waals surface area contributed by atoms with Crippen molar-refractivity contribution in [1.82, 2.24) is 5.32 Å². The monoisotopic (exact) mass is 523 g/mol. The zero-order chi connectivity index (χ0) is 27.3. The van der Waals surface area contributed by atoms with E-state index in [0.717, 1.165) is 12.2 Å². The summed E-state index contributed by atoms with van der Waals surface area (Å²) < 4.78 is 22.2. The first-order chi connectivity index (χ1) is 18.5. The molecule has 0 aromatic heterocycles. The van der Waals surface area contributed by atoms with Crippen molar-refractivity contribution in [2.24, 2.45) is 5.92 Å². The van der Waals surface area contributed by atoms with Crippen molar-refractivity contribution in [2.45, 2.75) is 64.3 Å². The van der Waals surface area contributed by atoms with Gasteiger partial charge in [0, 0.05) is 17.2 Å². The normalized spacial score (nSPS) is 17.1. The lowest BCUT2D eigenvalue weighted by atomic mass is 9.84. The van der Waals surface area contributed by atoms with Crippen molar-refractivity contribution in [1.29, 1.82) is 0 Å². The van der Waals surface area contributed by atoms with Crippen LogP contribution in [0.25, 0.3) is 0 Å². The summed E-state index contributed by atoms with van der Waals surface area (Å²) >= 11 is 0. The van der Waals surface area contributed by atoms with Crippen LogP contribution in [0.2, 0.25) is 0 Å². The maximum Gasteiger partial charge on any atom is 0.314 e. The molecule has 0 heterocycles. The molecule has 2 aromatic rings. The van der Waals surface area contributed by atoms with Gasteiger partial charge in [0.2, 0.25) is 0 Å². The molecule has 2 aromatic carbocycles. The largest absolute Gasteiger partial charge is 0.497 e. The van der Waals surface area contributed by atoms with E-state index in [9.17, 15) is 9.59 Å². The molecule has 0 spiro atoms. The van der Waals surface area contributed by atoms with Crippen LogP contribution in [0, 0.1) is 5.92 Å². The Morgan fingerprint density at radius 1 is 0.921 bits per heavy atom. The van der Waals surface area contributed by atoms with Crippen LogP contribution in [-0.2, 0) is 9.53 Å². The summed E-state index contributed by atoms with van der Waals surface area (Å²) in [5.74, 6) is 0.728. The molecule has 0 aliphatic heterocycles. The molecule has 206 valence electrons. The zero-order valence-electron chi connectivity index (χ0n) is 23.0. The Kier molecular flexibility index (Phi) is 11.5. The van der Waals surface area contributed by atoms with Gasteiger partial charge in [-0.2, -0.15) is 0 Å². The van der Waals surface area contributed by atoms with Crippen LogP contribution in [0.1, 0.15) is 74.2 Å². The minimum Gasteiger partial charge on any atom is -0.497 e. The molecule has 1 amide bonds. The van der Waals surface area contributed by atoms with Gasteiger partial charge >= 0.3 is 5.97 Å². The van der Waals surface area contributed by atoms with Crippen LogP contribution >= 0.6 is 0 Å². The molecule has 7 nitrogen and oxygen atoms in total. The fourth-order valence-corrected chi connectivity index (χ4v) is 4.78. The number of esters is 1. The molecule has 0 bridgehead atoms. The number of ether oxygens (including phenoxy) is 4. The van der Waals surface area contributed by atoms with E-state index in [1.165, 1.54) is 25.7 Å². The van der Waals surface area contributed by atoms with Gasteiger partial charge in [-0.1, -0.05) is 44.8 Å². The highest BCUT2D eigenvalue weighted by Crippen LogP contribution is 2.40. The van der Waals surface area contributed by atoms with Crippen molar-refractivity contribution in [3.8, 4) is 17.2 Å². The Morgan fingerprint density at radius 2 is 1.66 bits per heavy atom. The third-order valence-electron chi connectivity index (χ3n) is 6.81. The average molecular weight is 524 g/mol. The topological polar surface area (TPSA) is 83.1 Å². The lowest BCUT2D eigenvalue weighted by molar-refractivity contribution is -0.146. The molecular formula is C31H41NO6. The fourth-order valence-electron chi connectivity index (χ4n) is 4.78. The van der Waals surface area contributed by atoms with Crippen molar-refractivity contribution in [2.75, 3.05) is 27.4 Å². The molecule has 3 rings (SSSR count). The van der Waals surface area contributed by atoms with E-state index < -0.39 is 5.92 Å². The SMILES string of the molecule is CCCCCCCOc1ccc(C(=O)NC2C=CC(C(C(=O)OCC)c3cc(OC)ccc3OC)C2)cc1. The van der Waals surface area contributed by atoms with Crippen molar-refractivity contribution in [3.63, 3.8) is 0 Å². The first-order valence-corrected chi connectivity index (χ1v) is 13.6. The first-order valence-electron chi connectivity index (χ1n) is 13.6. The van der Waals surface area contributed by atoms with Gasteiger partial charge in [-0.3, -0.25) is 9.59 Å². The van der Waals surface area contributed by atoms with Gasteiger partial charge in [-0.05, 0) is 68.1 Å². The number of carbonyl (C=O) groups is 2. The highest BCUT2D eigenvalue weighted by molar-refractivity contribution is 5.94. The van der Waals surface area contributed by atoms with Crippen molar-refractivity contribution < 1.29 is 28.5 Å². The molecule has 3 atom stereocenters. The maximum absolute atomic E-state index is 13.1. The Bertz CT molecular complexity index is 1060. The number of methoxy groups -OCH3 is 2. The molecule has 38 heavy (non-hydrogen) atoms. The van der Waals surface area contributed by atoms with E-state index in [-0.39, 0.29) is 30.4 Å². The van der Waals surface area contributed by atoms with Gasteiger partial charge in [-0.15, -0.1) is 0 Å². The van der Waals surface area contributed by atoms with Gasteiger partial charge in [0.1, 0.15) is 17.2 Å². The van der Waals surface area contributed by atoms with Gasteiger partial charge in [0.25, 0.3) is 5.91 Å². The summed E-state index contributed by atoms with van der Waals surface area (Å²) in [5.41, 5.74) is 1.27. The lowest BCUT2D eigenvalue weighted by Crippen LogP contribution is -2.33. The Hall–Kier alpha value is -3.48. The summed E-state index contributed by atoms with van der Waals surface area (Å²) in [5, 5.41) is 3.07. The fraction of sp³-hybridized carbons (Fsp3) is 0.484. The van der Waals surface area contributed by atoms with E-state index >= 15 is 0 Å². The molecule has 0 saturated heterocycles. The van der Waals surface area contributed by atoms with Crippen molar-refractivity contribution in [3.05, 3.63) is 65.7 Å². The van der Waals surface area contributed by atoms with Crippen molar-refractivity contribution >= 4 is 11.9 Å². The summed E-state index contributed by atoms with van der Waals surface area (Å²) in [6, 6.07) is 12.4. The quantitative estimate of drug-likeness (QED) is 0.173. The van der Waals surface area contributed by atoms with E-state index in [0.29, 0.717) is 35.7 Å². The zero-order valence-corrected chi connectivity index (χ0v) is 23.0. The van der Waals surface area contributed by atoms with Gasteiger partial charge in [-0.25, -0.2) is 0 Å². The maximum atomic E-state index is 13.1. The number of amides is 1.